The number of amides is 2. The Labute approximate surface area is 152 Å². The lowest BCUT2D eigenvalue weighted by Gasteiger charge is -2.30. The van der Waals surface area contributed by atoms with E-state index < -0.39 is 0 Å². The summed E-state index contributed by atoms with van der Waals surface area (Å²) in [6, 6.07) is 12.3. The number of aliphatic hydroxyl groups is 1. The zero-order valence-corrected chi connectivity index (χ0v) is 14.3. The third kappa shape index (κ3) is 4.55. The Kier molecular flexibility index (Phi) is 5.76. The number of carbonyl (C=O) groups excluding carboxylic acids is 2. The first-order chi connectivity index (χ1) is 12.6. The van der Waals surface area contributed by atoms with Gasteiger partial charge in [0.2, 0.25) is 0 Å². The van der Waals surface area contributed by atoms with Gasteiger partial charge in [-0.2, -0.15) is 0 Å². The first kappa shape index (κ1) is 17.8. The normalized spacial score (nSPS) is 15.6. The molecule has 0 aliphatic carbocycles. The van der Waals surface area contributed by atoms with E-state index in [2.05, 4.69) is 10.3 Å². The summed E-state index contributed by atoms with van der Waals surface area (Å²) < 4.78 is 0. The fraction of sp³-hybridized carbons (Fsp3) is 0.250. The molecule has 1 aromatic heterocycles. The summed E-state index contributed by atoms with van der Waals surface area (Å²) in [7, 11) is 0. The van der Waals surface area contributed by atoms with Crippen LogP contribution in [0.3, 0.4) is 0 Å². The molecule has 6 heteroatoms. The average Bonchev–Trinajstić information content (AvgIpc) is 2.69. The largest absolute Gasteiger partial charge is 0.393 e. The molecule has 2 aromatic rings. The number of rotatable bonds is 4. The second-order valence-corrected chi connectivity index (χ2v) is 6.19. The summed E-state index contributed by atoms with van der Waals surface area (Å²) in [5.74, 6) is -0.601. The summed E-state index contributed by atoms with van der Waals surface area (Å²) in [5, 5.41) is 12.4. The molecule has 0 radical (unpaired) electrons. The van der Waals surface area contributed by atoms with Crippen LogP contribution in [0.4, 0.5) is 0 Å². The highest BCUT2D eigenvalue weighted by Gasteiger charge is 2.25. The van der Waals surface area contributed by atoms with E-state index in [0.29, 0.717) is 31.5 Å². The first-order valence-corrected chi connectivity index (χ1v) is 8.59. The van der Waals surface area contributed by atoms with Gasteiger partial charge in [0, 0.05) is 31.0 Å². The second kappa shape index (κ2) is 8.40. The predicted octanol–water partition coefficient (Wildman–Crippen LogP) is 1.84. The molecule has 1 fully saturated rings. The number of likely N-dealkylation sites (tertiary alicyclic amines) is 1. The van der Waals surface area contributed by atoms with Crippen molar-refractivity contribution in [2.45, 2.75) is 18.9 Å². The summed E-state index contributed by atoms with van der Waals surface area (Å²) in [6.45, 7) is 0.928. The number of hydrogen-bond donors (Lipinski definition) is 2. The molecule has 0 spiro atoms. The number of piperidine rings is 1. The molecule has 0 bridgehead atoms. The number of aromatic nitrogens is 1. The van der Waals surface area contributed by atoms with Crippen LogP contribution in [0.15, 0.2) is 60.6 Å². The van der Waals surface area contributed by atoms with Gasteiger partial charge < -0.3 is 15.3 Å². The Bertz CT molecular complexity index is 782. The van der Waals surface area contributed by atoms with Crippen molar-refractivity contribution >= 4 is 17.9 Å². The maximum atomic E-state index is 12.9. The van der Waals surface area contributed by atoms with Crippen LogP contribution in [0.1, 0.15) is 28.8 Å². The van der Waals surface area contributed by atoms with Crippen LogP contribution in [0.5, 0.6) is 0 Å². The zero-order valence-electron chi connectivity index (χ0n) is 14.3. The number of carbonyl (C=O) groups is 2. The van der Waals surface area contributed by atoms with E-state index in [9.17, 15) is 14.7 Å². The number of hydrogen-bond acceptors (Lipinski definition) is 4. The van der Waals surface area contributed by atoms with Crippen molar-refractivity contribution < 1.29 is 14.7 Å². The van der Waals surface area contributed by atoms with E-state index in [1.807, 2.05) is 12.1 Å². The van der Waals surface area contributed by atoms with E-state index >= 15 is 0 Å². The minimum atomic E-state index is -0.372. The van der Waals surface area contributed by atoms with Gasteiger partial charge in [-0.25, -0.2) is 0 Å². The number of benzene rings is 1. The molecule has 1 aromatic carbocycles. The first-order valence-electron chi connectivity index (χ1n) is 8.59. The summed E-state index contributed by atoms with van der Waals surface area (Å²) in [4.78, 5) is 31.1. The van der Waals surface area contributed by atoms with Crippen molar-refractivity contribution in [3.8, 4) is 0 Å². The van der Waals surface area contributed by atoms with Crippen molar-refractivity contribution in [1.82, 2.24) is 15.2 Å². The number of nitrogens with one attached hydrogen (secondary N) is 1. The van der Waals surface area contributed by atoms with Gasteiger partial charge in [-0.1, -0.05) is 24.3 Å². The van der Waals surface area contributed by atoms with Gasteiger partial charge in [0.05, 0.1) is 6.10 Å². The van der Waals surface area contributed by atoms with Crippen LogP contribution in [0.2, 0.25) is 0 Å². The molecule has 0 saturated carbocycles. The van der Waals surface area contributed by atoms with Crippen LogP contribution in [0, 0.1) is 0 Å². The third-order valence-electron chi connectivity index (χ3n) is 4.26. The quantitative estimate of drug-likeness (QED) is 0.824. The molecule has 6 nitrogen and oxygen atoms in total. The van der Waals surface area contributed by atoms with E-state index in [1.165, 1.54) is 0 Å². The number of aliphatic hydroxyl groups excluding tert-OH is 1. The zero-order chi connectivity index (χ0) is 18.4. The molecule has 26 heavy (non-hydrogen) atoms. The van der Waals surface area contributed by atoms with E-state index in [1.54, 1.807) is 53.7 Å². The van der Waals surface area contributed by atoms with Crippen LogP contribution in [0.25, 0.3) is 6.08 Å². The van der Waals surface area contributed by atoms with Gasteiger partial charge in [-0.05, 0) is 42.7 Å². The molecule has 1 saturated heterocycles. The Balaban J connectivity index is 1.83. The minimum absolute atomic E-state index is 0.197. The van der Waals surface area contributed by atoms with E-state index in [-0.39, 0.29) is 23.6 Å². The average molecular weight is 351 g/mol. The number of nitrogens with zero attached hydrogens (tertiary/aromatic N) is 2. The lowest BCUT2D eigenvalue weighted by Crippen LogP contribution is -2.43. The lowest BCUT2D eigenvalue weighted by molar-refractivity contribution is -0.129. The van der Waals surface area contributed by atoms with Gasteiger partial charge in [0.1, 0.15) is 5.70 Å². The molecule has 2 amide bonds. The molecule has 1 aliphatic heterocycles. The van der Waals surface area contributed by atoms with Crippen molar-refractivity contribution in [3.63, 3.8) is 0 Å². The summed E-state index contributed by atoms with van der Waals surface area (Å²) >= 11 is 0. The van der Waals surface area contributed by atoms with E-state index in [4.69, 9.17) is 0 Å². The second-order valence-electron chi connectivity index (χ2n) is 6.19. The fourth-order valence-corrected chi connectivity index (χ4v) is 2.80. The smallest absolute Gasteiger partial charge is 0.270 e. The number of pyridine rings is 1. The highest BCUT2D eigenvalue weighted by Crippen LogP contribution is 2.14. The highest BCUT2D eigenvalue weighted by atomic mass is 16.3. The van der Waals surface area contributed by atoms with Crippen LogP contribution >= 0.6 is 0 Å². The molecule has 0 atom stereocenters. The van der Waals surface area contributed by atoms with E-state index in [0.717, 1.165) is 5.56 Å². The molecular weight excluding hydrogens is 330 g/mol. The molecule has 2 N–H and O–H groups in total. The van der Waals surface area contributed by atoms with Crippen molar-refractivity contribution in [1.29, 1.82) is 0 Å². The fourth-order valence-electron chi connectivity index (χ4n) is 2.80. The monoisotopic (exact) mass is 351 g/mol. The minimum Gasteiger partial charge on any atom is -0.393 e. The Morgan fingerprint density at radius 2 is 1.85 bits per heavy atom. The Morgan fingerprint density at radius 1 is 1.12 bits per heavy atom. The maximum Gasteiger partial charge on any atom is 0.270 e. The Hall–Kier alpha value is -2.99. The van der Waals surface area contributed by atoms with Gasteiger partial charge in [-0.3, -0.25) is 14.6 Å². The van der Waals surface area contributed by atoms with Crippen LogP contribution in [-0.2, 0) is 4.79 Å². The summed E-state index contributed by atoms with van der Waals surface area (Å²) in [6.07, 6.45) is 5.61. The predicted molar refractivity (Wildman–Crippen MR) is 97.9 cm³/mol. The van der Waals surface area contributed by atoms with Gasteiger partial charge in [0.25, 0.3) is 11.8 Å². The van der Waals surface area contributed by atoms with Crippen molar-refractivity contribution in [2.75, 3.05) is 13.1 Å². The maximum absolute atomic E-state index is 12.9. The van der Waals surface area contributed by atoms with Gasteiger partial charge in [-0.15, -0.1) is 0 Å². The molecular formula is C20H21N3O3. The lowest BCUT2D eigenvalue weighted by atomic mass is 10.1. The van der Waals surface area contributed by atoms with Crippen molar-refractivity contribution in [2.24, 2.45) is 0 Å². The molecule has 3 rings (SSSR count). The molecule has 1 aliphatic rings. The SMILES string of the molecule is O=C(N/C(=C\c1cccnc1)C(=O)N1CCC(O)CC1)c1ccccc1. The standard InChI is InChI=1S/C20H21N3O3/c24-17-8-11-23(12-9-17)20(26)18(13-15-5-4-10-21-14-15)22-19(25)16-6-2-1-3-7-16/h1-7,10,13-14,17,24H,8-9,11-12H2,(H,22,25)/b18-13-. The molecule has 2 heterocycles. The molecule has 0 unspecified atom stereocenters. The highest BCUT2D eigenvalue weighted by molar-refractivity contribution is 6.05. The molecule has 134 valence electrons. The summed E-state index contributed by atoms with van der Waals surface area (Å²) in [5.41, 5.74) is 1.40. The topological polar surface area (TPSA) is 82.5 Å². The van der Waals surface area contributed by atoms with Gasteiger partial charge in [0.15, 0.2) is 0 Å². The van der Waals surface area contributed by atoms with Crippen LogP contribution < -0.4 is 5.32 Å². The Morgan fingerprint density at radius 3 is 2.50 bits per heavy atom. The van der Waals surface area contributed by atoms with Crippen LogP contribution in [-0.4, -0.2) is 46.0 Å². The van der Waals surface area contributed by atoms with Gasteiger partial charge >= 0.3 is 0 Å². The van der Waals surface area contributed by atoms with Crippen molar-refractivity contribution in [3.05, 3.63) is 71.7 Å². The third-order valence-corrected chi connectivity index (χ3v) is 4.26.